The molecule has 0 unspecified atom stereocenters. The Kier molecular flexibility index (Phi) is 5.62. The van der Waals surface area contributed by atoms with Gasteiger partial charge in [0.05, 0.1) is 11.4 Å². The summed E-state index contributed by atoms with van der Waals surface area (Å²) < 4.78 is 40.5. The van der Waals surface area contributed by atoms with Crippen molar-refractivity contribution in [2.45, 2.75) is 5.16 Å². The van der Waals surface area contributed by atoms with E-state index in [4.69, 9.17) is 0 Å². The molecule has 0 aliphatic heterocycles. The smallest absolute Gasteiger partial charge is 0.234 e. The van der Waals surface area contributed by atoms with Crippen molar-refractivity contribution >= 4 is 39.3 Å². The van der Waals surface area contributed by atoms with Crippen molar-refractivity contribution < 1.29 is 18.0 Å². The average Bonchev–Trinajstić information content (AvgIpc) is 3.10. The number of benzene rings is 2. The zero-order valence-electron chi connectivity index (χ0n) is 12.9. The van der Waals surface area contributed by atoms with Gasteiger partial charge >= 0.3 is 0 Å². The lowest BCUT2D eigenvalue weighted by atomic mass is 10.2. The first-order valence-electron chi connectivity index (χ1n) is 7.18. The normalized spacial score (nSPS) is 10.8. The highest BCUT2D eigenvalue weighted by Crippen LogP contribution is 2.22. The lowest BCUT2D eigenvalue weighted by Gasteiger charge is -2.06. The number of thioether (sulfide) groups is 1. The van der Waals surface area contributed by atoms with Crippen LogP contribution in [-0.2, 0) is 4.79 Å². The van der Waals surface area contributed by atoms with Crippen molar-refractivity contribution in [1.82, 2.24) is 15.2 Å². The van der Waals surface area contributed by atoms with E-state index in [0.29, 0.717) is 11.0 Å². The maximum absolute atomic E-state index is 13.5. The Morgan fingerprint density at radius 2 is 1.85 bits per heavy atom. The van der Waals surface area contributed by atoms with Gasteiger partial charge in [-0.2, -0.15) is 0 Å². The number of aromatic amines is 1. The molecule has 134 valence electrons. The van der Waals surface area contributed by atoms with Gasteiger partial charge in [0.15, 0.2) is 23.3 Å². The second kappa shape index (κ2) is 7.92. The third kappa shape index (κ3) is 4.25. The fraction of sp³-hybridized carbons (Fsp3) is 0.0625. The highest BCUT2D eigenvalue weighted by atomic mass is 79.9. The molecule has 2 aromatic carbocycles. The summed E-state index contributed by atoms with van der Waals surface area (Å²) >= 11 is 4.35. The Balaban J connectivity index is 1.60. The Labute approximate surface area is 158 Å². The lowest BCUT2D eigenvalue weighted by molar-refractivity contribution is -0.113. The molecule has 0 spiro atoms. The predicted molar refractivity (Wildman–Crippen MR) is 95.2 cm³/mol. The number of H-pyrrole nitrogens is 1. The molecule has 2 N–H and O–H groups in total. The topological polar surface area (TPSA) is 70.7 Å². The zero-order chi connectivity index (χ0) is 18.7. The van der Waals surface area contributed by atoms with Crippen molar-refractivity contribution in [3.8, 4) is 11.4 Å². The van der Waals surface area contributed by atoms with Crippen LogP contribution in [-0.4, -0.2) is 26.8 Å². The van der Waals surface area contributed by atoms with E-state index < -0.39 is 29.0 Å². The van der Waals surface area contributed by atoms with Gasteiger partial charge in [-0.1, -0.05) is 39.8 Å². The number of hydrogen-bond donors (Lipinski definition) is 2. The predicted octanol–water partition coefficient (Wildman–Crippen LogP) is 4.38. The summed E-state index contributed by atoms with van der Waals surface area (Å²) in [6, 6.07) is 9.09. The van der Waals surface area contributed by atoms with Gasteiger partial charge < -0.3 is 5.32 Å². The van der Waals surface area contributed by atoms with Crippen molar-refractivity contribution in [3.05, 3.63) is 58.3 Å². The van der Waals surface area contributed by atoms with Crippen LogP contribution in [0.3, 0.4) is 0 Å². The summed E-state index contributed by atoms with van der Waals surface area (Å²) in [6.45, 7) is 0. The van der Waals surface area contributed by atoms with Gasteiger partial charge in [0, 0.05) is 10.0 Å². The van der Waals surface area contributed by atoms with E-state index in [1.165, 1.54) is 0 Å². The van der Waals surface area contributed by atoms with Crippen LogP contribution < -0.4 is 5.32 Å². The van der Waals surface area contributed by atoms with E-state index in [2.05, 4.69) is 36.4 Å². The molecule has 0 aliphatic carbocycles. The van der Waals surface area contributed by atoms with Crippen LogP contribution in [0.25, 0.3) is 11.4 Å². The molecule has 5 nitrogen and oxygen atoms in total. The Hall–Kier alpha value is -2.33. The Morgan fingerprint density at radius 3 is 2.58 bits per heavy atom. The molecule has 0 aliphatic rings. The Bertz CT molecular complexity index is 949. The summed E-state index contributed by atoms with van der Waals surface area (Å²) in [7, 11) is 0. The summed E-state index contributed by atoms with van der Waals surface area (Å²) in [6.07, 6.45) is 0. The summed E-state index contributed by atoms with van der Waals surface area (Å²) in [5.41, 5.74) is 0.390. The van der Waals surface area contributed by atoms with Gasteiger partial charge in [0.1, 0.15) is 0 Å². The maximum atomic E-state index is 13.5. The van der Waals surface area contributed by atoms with Crippen LogP contribution in [0.1, 0.15) is 0 Å². The molecule has 26 heavy (non-hydrogen) atoms. The van der Waals surface area contributed by atoms with Gasteiger partial charge in [-0.25, -0.2) is 18.2 Å². The molecule has 10 heteroatoms. The average molecular weight is 443 g/mol. The number of anilines is 1. The first-order valence-corrected chi connectivity index (χ1v) is 8.96. The maximum Gasteiger partial charge on any atom is 0.234 e. The van der Waals surface area contributed by atoms with Crippen molar-refractivity contribution in [2.75, 3.05) is 11.1 Å². The highest BCUT2D eigenvalue weighted by molar-refractivity contribution is 9.10. The van der Waals surface area contributed by atoms with Crippen molar-refractivity contribution in [2.24, 2.45) is 0 Å². The van der Waals surface area contributed by atoms with Crippen molar-refractivity contribution in [3.63, 3.8) is 0 Å². The fourth-order valence-corrected chi connectivity index (χ4v) is 2.85. The Morgan fingerprint density at radius 1 is 1.12 bits per heavy atom. The number of hydrogen-bond acceptors (Lipinski definition) is 4. The largest absolute Gasteiger partial charge is 0.323 e. The van der Waals surface area contributed by atoms with Crippen LogP contribution >= 0.6 is 27.7 Å². The number of carbonyl (C=O) groups excluding carboxylic acids is 1. The molecule has 0 atom stereocenters. The number of rotatable bonds is 5. The fourth-order valence-electron chi connectivity index (χ4n) is 1.99. The molecule has 1 amide bonds. The van der Waals surface area contributed by atoms with Gasteiger partial charge in [-0.15, -0.1) is 5.10 Å². The van der Waals surface area contributed by atoms with Gasteiger partial charge in [0.25, 0.3) is 0 Å². The van der Waals surface area contributed by atoms with E-state index in [1.54, 1.807) is 0 Å². The molecule has 1 aromatic heterocycles. The summed E-state index contributed by atoms with van der Waals surface area (Å²) in [5.74, 6) is -4.60. The number of carbonyl (C=O) groups is 1. The van der Waals surface area contributed by atoms with E-state index in [9.17, 15) is 18.0 Å². The van der Waals surface area contributed by atoms with Crippen molar-refractivity contribution in [1.29, 1.82) is 0 Å². The van der Waals surface area contributed by atoms with Crippen LogP contribution in [0.15, 0.2) is 46.0 Å². The quantitative estimate of drug-likeness (QED) is 0.454. The molecular formula is C16H10BrF3N4OS. The molecule has 0 fully saturated rings. The minimum atomic E-state index is -1.64. The monoisotopic (exact) mass is 442 g/mol. The van der Waals surface area contributed by atoms with Crippen LogP contribution in [0.4, 0.5) is 18.9 Å². The number of halogens is 4. The molecule has 3 rings (SSSR count). The summed E-state index contributed by atoms with van der Waals surface area (Å²) in [4.78, 5) is 16.1. The van der Waals surface area contributed by atoms with Gasteiger partial charge in [0.2, 0.25) is 11.1 Å². The SMILES string of the molecule is O=C(CSc1n[nH]c(-c2ccc(Br)cc2)n1)Nc1ccc(F)c(F)c1F. The molecule has 0 radical (unpaired) electrons. The third-order valence-electron chi connectivity index (χ3n) is 3.22. The van der Waals surface area contributed by atoms with E-state index in [-0.39, 0.29) is 5.75 Å². The first kappa shape index (κ1) is 18.5. The number of amides is 1. The van der Waals surface area contributed by atoms with Crippen LogP contribution in [0.5, 0.6) is 0 Å². The van der Waals surface area contributed by atoms with E-state index in [0.717, 1.165) is 33.9 Å². The van der Waals surface area contributed by atoms with Crippen LogP contribution in [0, 0.1) is 17.5 Å². The second-order valence-electron chi connectivity index (χ2n) is 5.03. The molecule has 1 heterocycles. The zero-order valence-corrected chi connectivity index (χ0v) is 15.3. The number of nitrogens with zero attached hydrogens (tertiary/aromatic N) is 2. The standard InChI is InChI=1S/C16H10BrF3N4OS/c17-9-3-1-8(2-4-9)15-22-16(24-23-15)26-7-12(25)21-11-6-5-10(18)13(19)14(11)20/h1-6H,7H2,(H,21,25)(H,22,23,24). The van der Waals surface area contributed by atoms with Gasteiger partial charge in [-0.05, 0) is 24.3 Å². The molecule has 0 bridgehead atoms. The third-order valence-corrected chi connectivity index (χ3v) is 4.60. The summed E-state index contributed by atoms with van der Waals surface area (Å²) in [5, 5.41) is 9.25. The lowest BCUT2D eigenvalue weighted by Crippen LogP contribution is -2.16. The van der Waals surface area contributed by atoms with Crippen LogP contribution in [0.2, 0.25) is 0 Å². The molecule has 0 saturated carbocycles. The van der Waals surface area contributed by atoms with E-state index >= 15 is 0 Å². The second-order valence-corrected chi connectivity index (χ2v) is 6.89. The number of nitrogens with one attached hydrogen (secondary N) is 2. The van der Waals surface area contributed by atoms with Gasteiger partial charge in [-0.3, -0.25) is 9.89 Å². The molecule has 0 saturated heterocycles. The number of aromatic nitrogens is 3. The minimum Gasteiger partial charge on any atom is -0.323 e. The first-order chi connectivity index (χ1) is 12.4. The van der Waals surface area contributed by atoms with E-state index in [1.807, 2.05) is 24.3 Å². The molecular weight excluding hydrogens is 433 g/mol. The minimum absolute atomic E-state index is 0.129. The molecule has 3 aromatic rings. The highest BCUT2D eigenvalue weighted by Gasteiger charge is 2.16.